The van der Waals surface area contributed by atoms with Gasteiger partial charge in [-0.2, -0.15) is 0 Å². The minimum absolute atomic E-state index is 0.372. The van der Waals surface area contributed by atoms with Crippen LogP contribution in [0.15, 0.2) is 65.8 Å². The Labute approximate surface area is 167 Å². The molecule has 0 aromatic heterocycles. The summed E-state index contributed by atoms with van der Waals surface area (Å²) in [6, 6.07) is 15.5. The van der Waals surface area contributed by atoms with E-state index in [4.69, 9.17) is 4.74 Å². The highest BCUT2D eigenvalue weighted by Crippen LogP contribution is 2.37. The third kappa shape index (κ3) is 2.91. The van der Waals surface area contributed by atoms with Gasteiger partial charge >= 0.3 is 0 Å². The quantitative estimate of drug-likeness (QED) is 0.756. The van der Waals surface area contributed by atoms with Crippen LogP contribution >= 0.6 is 0 Å². The van der Waals surface area contributed by atoms with Crippen molar-refractivity contribution in [2.45, 2.75) is 25.7 Å². The number of methoxy groups -OCH3 is 1. The zero-order valence-electron chi connectivity index (χ0n) is 16.6. The van der Waals surface area contributed by atoms with Crippen molar-refractivity contribution in [1.82, 2.24) is 0 Å². The molecule has 5 rings (SSSR count). The Morgan fingerprint density at radius 1 is 1.04 bits per heavy atom. The van der Waals surface area contributed by atoms with E-state index in [-0.39, 0.29) is 0 Å². The molecule has 2 unspecified atom stereocenters. The first-order valence-electron chi connectivity index (χ1n) is 10.2. The Bertz CT molecular complexity index is 1130. The molecule has 3 aliphatic carbocycles. The van der Waals surface area contributed by atoms with Gasteiger partial charge in [0.05, 0.1) is 6.61 Å². The van der Waals surface area contributed by atoms with Crippen LogP contribution in [0.4, 0.5) is 0 Å². The fourth-order valence-electron chi connectivity index (χ4n) is 4.87. The Balaban J connectivity index is 1.56. The third-order valence-corrected chi connectivity index (χ3v) is 6.42. The smallest absolute Gasteiger partial charge is 0.0562 e. The van der Waals surface area contributed by atoms with Crippen LogP contribution in [0.25, 0.3) is 23.8 Å². The normalized spacial score (nSPS) is 22.4. The second-order valence-electron chi connectivity index (χ2n) is 8.15. The Morgan fingerprint density at radius 3 is 2.71 bits per heavy atom. The lowest BCUT2D eigenvalue weighted by atomic mass is 9.78. The summed E-state index contributed by atoms with van der Waals surface area (Å²) in [5, 5.41) is 2.79. The van der Waals surface area contributed by atoms with Crippen LogP contribution in [-0.4, -0.2) is 13.7 Å². The molecule has 0 spiro atoms. The fraction of sp³-hybridized carbons (Fsp3) is 0.259. The molecule has 2 atom stereocenters. The van der Waals surface area contributed by atoms with Crippen molar-refractivity contribution in [3.63, 3.8) is 0 Å². The molecule has 1 heteroatoms. The van der Waals surface area contributed by atoms with Crippen molar-refractivity contribution < 1.29 is 4.74 Å². The molecule has 1 nitrogen and oxygen atoms in total. The molecule has 0 saturated carbocycles. The molecular weight excluding hydrogens is 340 g/mol. The van der Waals surface area contributed by atoms with Crippen molar-refractivity contribution in [2.75, 3.05) is 13.7 Å². The van der Waals surface area contributed by atoms with Crippen LogP contribution in [0.1, 0.15) is 42.4 Å². The summed E-state index contributed by atoms with van der Waals surface area (Å²) < 4.78 is 5.45. The van der Waals surface area contributed by atoms with Crippen molar-refractivity contribution in [2.24, 2.45) is 5.92 Å². The van der Waals surface area contributed by atoms with E-state index >= 15 is 0 Å². The van der Waals surface area contributed by atoms with Crippen molar-refractivity contribution in [3.8, 4) is 0 Å². The second kappa shape index (κ2) is 7.07. The van der Waals surface area contributed by atoms with Crippen LogP contribution in [0.3, 0.4) is 0 Å². The highest BCUT2D eigenvalue weighted by Gasteiger charge is 2.22. The van der Waals surface area contributed by atoms with Gasteiger partial charge in [0.2, 0.25) is 0 Å². The third-order valence-electron chi connectivity index (χ3n) is 6.42. The zero-order chi connectivity index (χ0) is 19.1. The number of hydrogen-bond acceptors (Lipinski definition) is 1. The Morgan fingerprint density at radius 2 is 1.89 bits per heavy atom. The fourth-order valence-corrected chi connectivity index (χ4v) is 4.87. The molecule has 140 valence electrons. The number of allylic oxidation sites excluding steroid dienone is 4. The predicted octanol–water partition coefficient (Wildman–Crippen LogP) is 4.83. The van der Waals surface area contributed by atoms with E-state index in [1.165, 1.54) is 38.3 Å². The van der Waals surface area contributed by atoms with Gasteiger partial charge in [0, 0.05) is 18.9 Å². The predicted molar refractivity (Wildman–Crippen MR) is 118 cm³/mol. The molecule has 0 saturated heterocycles. The number of hydrogen-bond donors (Lipinski definition) is 0. The number of benzene rings is 2. The van der Waals surface area contributed by atoms with Crippen LogP contribution in [-0.2, 0) is 4.74 Å². The lowest BCUT2D eigenvalue weighted by molar-refractivity contribution is 0.185. The number of ether oxygens (including phenoxy) is 1. The van der Waals surface area contributed by atoms with E-state index in [2.05, 4.69) is 79.8 Å². The standard InChI is InChI=1S/C27H26O/c1-18-14-21-9-12-25-24-11-8-20(19-6-4-3-5-7-19)15-22(24)10-13-26(25)27(21)16-23(18)17-28-2/h3-9,11-14,16,20,23H,10,15,17H2,1-2H3. The monoisotopic (exact) mass is 366 g/mol. The first-order chi connectivity index (χ1) is 13.7. The first-order valence-corrected chi connectivity index (χ1v) is 10.2. The van der Waals surface area contributed by atoms with Gasteiger partial charge in [0.1, 0.15) is 0 Å². The summed E-state index contributed by atoms with van der Waals surface area (Å²) in [7, 11) is 1.79. The maximum absolute atomic E-state index is 5.45. The molecule has 0 bridgehead atoms. The number of rotatable bonds is 3. The van der Waals surface area contributed by atoms with Crippen molar-refractivity contribution in [1.29, 1.82) is 0 Å². The molecule has 3 aliphatic rings. The largest absolute Gasteiger partial charge is 0.384 e. The molecule has 0 heterocycles. The van der Waals surface area contributed by atoms with Gasteiger partial charge in [-0.15, -0.1) is 0 Å². The van der Waals surface area contributed by atoms with Crippen LogP contribution in [0, 0.1) is 5.92 Å². The zero-order valence-corrected chi connectivity index (χ0v) is 16.6. The summed E-state index contributed by atoms with van der Waals surface area (Å²) in [4.78, 5) is 0. The van der Waals surface area contributed by atoms with E-state index in [9.17, 15) is 0 Å². The van der Waals surface area contributed by atoms with E-state index in [1.807, 2.05) is 0 Å². The molecule has 0 fully saturated rings. The highest BCUT2D eigenvalue weighted by atomic mass is 16.5. The Hall–Kier alpha value is -2.64. The van der Waals surface area contributed by atoms with Gasteiger partial charge in [-0.05, 0) is 52.5 Å². The van der Waals surface area contributed by atoms with Gasteiger partial charge in [-0.25, -0.2) is 0 Å². The highest BCUT2D eigenvalue weighted by molar-refractivity contribution is 5.83. The summed E-state index contributed by atoms with van der Waals surface area (Å²) in [5.74, 6) is 0.868. The van der Waals surface area contributed by atoms with Gasteiger partial charge in [-0.1, -0.05) is 84.0 Å². The maximum atomic E-state index is 5.45. The average molecular weight is 367 g/mol. The molecule has 2 aromatic rings. The minimum Gasteiger partial charge on any atom is -0.384 e. The summed E-state index contributed by atoms with van der Waals surface area (Å²) in [5.41, 5.74) is 8.54. The van der Waals surface area contributed by atoms with Gasteiger partial charge in [-0.3, -0.25) is 0 Å². The second-order valence-corrected chi connectivity index (χ2v) is 8.15. The van der Waals surface area contributed by atoms with Crippen LogP contribution in [0.5, 0.6) is 0 Å². The first kappa shape index (κ1) is 17.5. The topological polar surface area (TPSA) is 9.23 Å². The SMILES string of the molecule is COCC1C=c2c(ccc3c2=CCC2=C3C=CC(c3ccccc3)C2)C=C1C. The van der Waals surface area contributed by atoms with E-state index < -0.39 is 0 Å². The molecular formula is C27H26O. The summed E-state index contributed by atoms with van der Waals surface area (Å²) in [6.07, 6.45) is 14.1. The summed E-state index contributed by atoms with van der Waals surface area (Å²) >= 11 is 0. The lowest BCUT2D eigenvalue weighted by Gasteiger charge is -2.26. The van der Waals surface area contributed by atoms with E-state index in [1.54, 1.807) is 12.7 Å². The molecule has 0 N–H and O–H groups in total. The van der Waals surface area contributed by atoms with Crippen LogP contribution < -0.4 is 10.4 Å². The van der Waals surface area contributed by atoms with Gasteiger partial charge < -0.3 is 4.74 Å². The van der Waals surface area contributed by atoms with Gasteiger partial charge in [0.25, 0.3) is 0 Å². The van der Waals surface area contributed by atoms with E-state index in [0.29, 0.717) is 11.8 Å². The molecule has 2 aromatic carbocycles. The maximum Gasteiger partial charge on any atom is 0.0562 e. The molecule has 0 radical (unpaired) electrons. The van der Waals surface area contributed by atoms with E-state index in [0.717, 1.165) is 19.4 Å². The number of fused-ring (bicyclic) bond motifs is 4. The average Bonchev–Trinajstić information content (AvgIpc) is 2.74. The van der Waals surface area contributed by atoms with Gasteiger partial charge in [0.15, 0.2) is 0 Å². The van der Waals surface area contributed by atoms with Crippen molar-refractivity contribution in [3.05, 3.63) is 92.9 Å². The molecule has 28 heavy (non-hydrogen) atoms. The lowest BCUT2D eigenvalue weighted by Crippen LogP contribution is -2.35. The minimum atomic E-state index is 0.372. The molecule has 0 aliphatic heterocycles. The summed E-state index contributed by atoms with van der Waals surface area (Å²) in [6.45, 7) is 2.96. The Kier molecular flexibility index (Phi) is 4.41. The van der Waals surface area contributed by atoms with Crippen molar-refractivity contribution >= 4 is 23.8 Å². The molecule has 0 amide bonds. The van der Waals surface area contributed by atoms with Crippen LogP contribution in [0.2, 0.25) is 0 Å².